The Morgan fingerprint density at radius 1 is 1.26 bits per heavy atom. The fourth-order valence-corrected chi connectivity index (χ4v) is 1.39. The lowest BCUT2D eigenvalue weighted by Crippen LogP contribution is -2.46. The van der Waals surface area contributed by atoms with E-state index in [2.05, 4.69) is 31.4 Å². The molecule has 114 valence electrons. The molecule has 0 saturated heterocycles. The summed E-state index contributed by atoms with van der Waals surface area (Å²) in [6, 6.07) is -0.302. The molecule has 0 spiro atoms. The van der Waals surface area contributed by atoms with Crippen LogP contribution in [-0.2, 0) is 9.53 Å². The van der Waals surface area contributed by atoms with Crippen molar-refractivity contribution < 1.29 is 14.6 Å². The maximum atomic E-state index is 11.7. The molecular weight excluding hydrogens is 244 g/mol. The molecule has 0 saturated carbocycles. The van der Waals surface area contributed by atoms with E-state index in [1.165, 1.54) is 0 Å². The SMILES string of the molecule is CCCCOCC(O)CNC(C)C(=O)NCC(C)C. The Balaban J connectivity index is 3.64. The van der Waals surface area contributed by atoms with Crippen molar-refractivity contribution in [3.63, 3.8) is 0 Å². The lowest BCUT2D eigenvalue weighted by atomic mass is 10.2. The van der Waals surface area contributed by atoms with Gasteiger partial charge in [0.25, 0.3) is 0 Å². The molecule has 0 rings (SSSR count). The molecular formula is C14H30N2O3. The van der Waals surface area contributed by atoms with Crippen LogP contribution in [0.4, 0.5) is 0 Å². The van der Waals surface area contributed by atoms with E-state index in [0.29, 0.717) is 32.2 Å². The lowest BCUT2D eigenvalue weighted by molar-refractivity contribution is -0.123. The summed E-state index contributed by atoms with van der Waals surface area (Å²) in [5, 5.41) is 15.5. The molecule has 0 radical (unpaired) electrons. The van der Waals surface area contributed by atoms with Gasteiger partial charge in [0, 0.05) is 19.7 Å². The van der Waals surface area contributed by atoms with Crippen molar-refractivity contribution in [1.82, 2.24) is 10.6 Å². The van der Waals surface area contributed by atoms with Crippen molar-refractivity contribution in [3.05, 3.63) is 0 Å². The standard InChI is InChI=1S/C14H30N2O3/c1-5-6-7-19-10-13(17)9-15-12(4)14(18)16-8-11(2)3/h11-13,15,17H,5-10H2,1-4H3,(H,16,18). The van der Waals surface area contributed by atoms with Crippen molar-refractivity contribution in [2.75, 3.05) is 26.3 Å². The van der Waals surface area contributed by atoms with E-state index < -0.39 is 6.10 Å². The maximum absolute atomic E-state index is 11.7. The quantitative estimate of drug-likeness (QED) is 0.490. The molecule has 0 aliphatic heterocycles. The summed E-state index contributed by atoms with van der Waals surface area (Å²) in [5.41, 5.74) is 0. The van der Waals surface area contributed by atoms with Crippen molar-refractivity contribution in [2.24, 2.45) is 5.92 Å². The largest absolute Gasteiger partial charge is 0.389 e. The summed E-state index contributed by atoms with van der Waals surface area (Å²) in [5.74, 6) is 0.404. The van der Waals surface area contributed by atoms with E-state index in [1.807, 2.05) is 0 Å². The summed E-state index contributed by atoms with van der Waals surface area (Å²) in [6.45, 7) is 10.0. The van der Waals surface area contributed by atoms with Crippen LogP contribution in [0.3, 0.4) is 0 Å². The van der Waals surface area contributed by atoms with Crippen LogP contribution in [0.5, 0.6) is 0 Å². The minimum Gasteiger partial charge on any atom is -0.389 e. The predicted molar refractivity (Wildman–Crippen MR) is 77.0 cm³/mol. The molecule has 1 amide bonds. The molecule has 0 bridgehead atoms. The molecule has 0 aromatic heterocycles. The van der Waals surface area contributed by atoms with Gasteiger partial charge in [0.15, 0.2) is 0 Å². The van der Waals surface area contributed by atoms with Crippen LogP contribution >= 0.6 is 0 Å². The second-order valence-corrected chi connectivity index (χ2v) is 5.35. The number of amides is 1. The third-order valence-corrected chi connectivity index (χ3v) is 2.69. The zero-order valence-electron chi connectivity index (χ0n) is 12.7. The summed E-state index contributed by atoms with van der Waals surface area (Å²) in [7, 11) is 0. The number of hydrogen-bond acceptors (Lipinski definition) is 4. The number of ether oxygens (including phenoxy) is 1. The Hall–Kier alpha value is -0.650. The molecule has 2 unspecified atom stereocenters. The van der Waals surface area contributed by atoms with Crippen LogP contribution < -0.4 is 10.6 Å². The number of unbranched alkanes of at least 4 members (excludes halogenated alkanes) is 1. The Morgan fingerprint density at radius 2 is 1.95 bits per heavy atom. The van der Waals surface area contributed by atoms with Gasteiger partial charge >= 0.3 is 0 Å². The average molecular weight is 274 g/mol. The Bertz CT molecular complexity index is 235. The second-order valence-electron chi connectivity index (χ2n) is 5.35. The molecule has 0 aromatic carbocycles. The van der Waals surface area contributed by atoms with Crippen LogP contribution in [0.25, 0.3) is 0 Å². The number of nitrogens with one attached hydrogen (secondary N) is 2. The van der Waals surface area contributed by atoms with Crippen molar-refractivity contribution in [2.45, 2.75) is 52.7 Å². The van der Waals surface area contributed by atoms with Gasteiger partial charge in [0.05, 0.1) is 18.8 Å². The number of carbonyl (C=O) groups excluding carboxylic acids is 1. The van der Waals surface area contributed by atoms with E-state index in [1.54, 1.807) is 6.92 Å². The van der Waals surface area contributed by atoms with Crippen LogP contribution in [0.1, 0.15) is 40.5 Å². The van der Waals surface area contributed by atoms with Gasteiger partial charge in [-0.1, -0.05) is 27.2 Å². The highest BCUT2D eigenvalue weighted by molar-refractivity contribution is 5.81. The van der Waals surface area contributed by atoms with Crippen LogP contribution in [0.2, 0.25) is 0 Å². The van der Waals surface area contributed by atoms with E-state index in [0.717, 1.165) is 12.8 Å². The summed E-state index contributed by atoms with van der Waals surface area (Å²) >= 11 is 0. The highest BCUT2D eigenvalue weighted by Crippen LogP contribution is 1.92. The molecule has 19 heavy (non-hydrogen) atoms. The molecule has 2 atom stereocenters. The molecule has 0 fully saturated rings. The first-order chi connectivity index (χ1) is 8.97. The zero-order valence-corrected chi connectivity index (χ0v) is 12.7. The Labute approximate surface area is 117 Å². The summed E-state index contributed by atoms with van der Waals surface area (Å²) < 4.78 is 5.32. The topological polar surface area (TPSA) is 70.6 Å². The van der Waals surface area contributed by atoms with Gasteiger partial charge in [-0.25, -0.2) is 0 Å². The highest BCUT2D eigenvalue weighted by atomic mass is 16.5. The highest BCUT2D eigenvalue weighted by Gasteiger charge is 2.14. The van der Waals surface area contributed by atoms with E-state index in [-0.39, 0.29) is 11.9 Å². The molecule has 0 heterocycles. The predicted octanol–water partition coefficient (Wildman–Crippen LogP) is 0.914. The molecule has 0 aliphatic rings. The number of aliphatic hydroxyl groups excluding tert-OH is 1. The van der Waals surface area contributed by atoms with Gasteiger partial charge < -0.3 is 20.5 Å². The molecule has 5 heteroatoms. The number of carbonyl (C=O) groups is 1. The number of rotatable bonds is 11. The maximum Gasteiger partial charge on any atom is 0.236 e. The third kappa shape index (κ3) is 10.9. The van der Waals surface area contributed by atoms with Gasteiger partial charge in [-0.15, -0.1) is 0 Å². The molecule has 5 nitrogen and oxygen atoms in total. The Morgan fingerprint density at radius 3 is 2.53 bits per heavy atom. The third-order valence-electron chi connectivity index (χ3n) is 2.69. The van der Waals surface area contributed by atoms with Crippen LogP contribution in [0, 0.1) is 5.92 Å². The Kier molecular flexibility index (Phi) is 10.8. The average Bonchev–Trinajstić information content (AvgIpc) is 2.38. The fraction of sp³-hybridized carbons (Fsp3) is 0.929. The van der Waals surface area contributed by atoms with Crippen molar-refractivity contribution in [1.29, 1.82) is 0 Å². The van der Waals surface area contributed by atoms with Gasteiger partial charge in [-0.3, -0.25) is 4.79 Å². The van der Waals surface area contributed by atoms with E-state index >= 15 is 0 Å². The lowest BCUT2D eigenvalue weighted by Gasteiger charge is -2.17. The summed E-state index contributed by atoms with van der Waals surface area (Å²) in [6.07, 6.45) is 1.52. The first-order valence-corrected chi connectivity index (χ1v) is 7.24. The fourth-order valence-electron chi connectivity index (χ4n) is 1.39. The smallest absolute Gasteiger partial charge is 0.236 e. The first kappa shape index (κ1) is 18.4. The minimum atomic E-state index is -0.572. The van der Waals surface area contributed by atoms with Crippen molar-refractivity contribution in [3.8, 4) is 0 Å². The molecule has 0 aliphatic carbocycles. The van der Waals surface area contributed by atoms with E-state index in [4.69, 9.17) is 4.74 Å². The van der Waals surface area contributed by atoms with Gasteiger partial charge in [-0.2, -0.15) is 0 Å². The van der Waals surface area contributed by atoms with Crippen LogP contribution in [-0.4, -0.2) is 49.5 Å². The van der Waals surface area contributed by atoms with Gasteiger partial charge in [0.1, 0.15) is 0 Å². The first-order valence-electron chi connectivity index (χ1n) is 7.24. The minimum absolute atomic E-state index is 0.0344. The zero-order chi connectivity index (χ0) is 14.7. The van der Waals surface area contributed by atoms with Gasteiger partial charge in [0.2, 0.25) is 5.91 Å². The molecule has 0 aromatic rings. The van der Waals surface area contributed by atoms with Crippen LogP contribution in [0.15, 0.2) is 0 Å². The number of hydrogen-bond donors (Lipinski definition) is 3. The second kappa shape index (κ2) is 11.2. The molecule has 3 N–H and O–H groups in total. The van der Waals surface area contributed by atoms with E-state index in [9.17, 15) is 9.90 Å². The van der Waals surface area contributed by atoms with Crippen molar-refractivity contribution >= 4 is 5.91 Å². The summed E-state index contributed by atoms with van der Waals surface area (Å²) in [4.78, 5) is 11.7. The number of aliphatic hydroxyl groups is 1. The van der Waals surface area contributed by atoms with Gasteiger partial charge in [-0.05, 0) is 19.3 Å². The monoisotopic (exact) mass is 274 g/mol. The normalized spacial score (nSPS) is 14.4.